The average molecular weight is 362 g/mol. The predicted molar refractivity (Wildman–Crippen MR) is 95.7 cm³/mol. The van der Waals surface area contributed by atoms with Crippen LogP contribution < -0.4 is 5.32 Å². The van der Waals surface area contributed by atoms with Crippen LogP contribution in [0.1, 0.15) is 80.8 Å². The van der Waals surface area contributed by atoms with E-state index >= 15 is 0 Å². The fraction of sp³-hybridized carbons (Fsp3) is 0.842. The van der Waals surface area contributed by atoms with E-state index in [0.717, 1.165) is 45.4 Å². The maximum atomic E-state index is 12.1. The lowest BCUT2D eigenvalue weighted by Crippen LogP contribution is -2.32. The molecule has 1 N–H and O–H groups in total. The van der Waals surface area contributed by atoms with Crippen LogP contribution >= 0.6 is 0 Å². The number of nitrogens with one attached hydrogen (secondary N) is 1. The first kappa shape index (κ1) is 17.9. The maximum absolute atomic E-state index is 12.1. The number of ether oxygens (including phenoxy) is 1. The molecule has 1 aromatic heterocycles. The third-order valence-electron chi connectivity index (χ3n) is 5.95. The SMILES string of the molecule is C[C@@H]1CCCC[C@@H]1OCCN1CCC[C@H]1c1nc(C(=O)NC2CC2)no1. The maximum Gasteiger partial charge on any atom is 0.292 e. The zero-order valence-electron chi connectivity index (χ0n) is 15.7. The van der Waals surface area contributed by atoms with E-state index in [4.69, 9.17) is 9.26 Å². The summed E-state index contributed by atoms with van der Waals surface area (Å²) < 4.78 is 11.6. The number of amides is 1. The molecule has 1 amide bonds. The molecule has 1 saturated heterocycles. The van der Waals surface area contributed by atoms with Crippen molar-refractivity contribution in [3.63, 3.8) is 0 Å². The Kier molecular flexibility index (Phi) is 5.55. The molecule has 144 valence electrons. The molecule has 3 aliphatic rings. The van der Waals surface area contributed by atoms with Gasteiger partial charge in [-0.15, -0.1) is 0 Å². The van der Waals surface area contributed by atoms with Gasteiger partial charge in [0.2, 0.25) is 5.89 Å². The van der Waals surface area contributed by atoms with Gasteiger partial charge in [-0.2, -0.15) is 4.98 Å². The van der Waals surface area contributed by atoms with E-state index in [9.17, 15) is 4.79 Å². The fourth-order valence-corrected chi connectivity index (χ4v) is 4.17. The Morgan fingerprint density at radius 3 is 2.88 bits per heavy atom. The van der Waals surface area contributed by atoms with Crippen LogP contribution in [0.2, 0.25) is 0 Å². The largest absolute Gasteiger partial charge is 0.377 e. The number of hydrogen-bond acceptors (Lipinski definition) is 6. The summed E-state index contributed by atoms with van der Waals surface area (Å²) >= 11 is 0. The summed E-state index contributed by atoms with van der Waals surface area (Å²) in [6.07, 6.45) is 9.70. The standard InChI is InChI=1S/C19H30N4O3/c1-13-5-2-3-7-16(13)25-12-11-23-10-4-6-15(23)19-21-17(22-26-19)18(24)20-14-8-9-14/h13-16H,2-12H2,1H3,(H,20,24)/t13-,15+,16+/m1/s1. The summed E-state index contributed by atoms with van der Waals surface area (Å²) in [7, 11) is 0. The smallest absolute Gasteiger partial charge is 0.292 e. The Labute approximate surface area is 154 Å². The molecule has 0 radical (unpaired) electrons. The molecule has 0 aromatic carbocycles. The molecule has 26 heavy (non-hydrogen) atoms. The quantitative estimate of drug-likeness (QED) is 0.803. The van der Waals surface area contributed by atoms with Gasteiger partial charge in [-0.05, 0) is 51.0 Å². The lowest BCUT2D eigenvalue weighted by molar-refractivity contribution is -0.0159. The molecule has 0 spiro atoms. The Bertz CT molecular complexity index is 616. The highest BCUT2D eigenvalue weighted by Gasteiger charge is 2.32. The van der Waals surface area contributed by atoms with Crippen molar-refractivity contribution in [1.29, 1.82) is 0 Å². The van der Waals surface area contributed by atoms with Gasteiger partial charge in [0.15, 0.2) is 0 Å². The summed E-state index contributed by atoms with van der Waals surface area (Å²) in [5.41, 5.74) is 0. The first-order chi connectivity index (χ1) is 12.7. The molecular formula is C19H30N4O3. The van der Waals surface area contributed by atoms with Gasteiger partial charge in [-0.25, -0.2) is 0 Å². The van der Waals surface area contributed by atoms with Crippen LogP contribution in [-0.4, -0.2) is 52.8 Å². The number of carbonyl (C=O) groups excluding carboxylic acids is 1. The lowest BCUT2D eigenvalue weighted by Gasteiger charge is -2.30. The Hall–Kier alpha value is -1.47. The number of rotatable bonds is 7. The minimum absolute atomic E-state index is 0.109. The van der Waals surface area contributed by atoms with Crippen molar-refractivity contribution in [2.75, 3.05) is 19.7 Å². The van der Waals surface area contributed by atoms with Crippen molar-refractivity contribution in [3.05, 3.63) is 11.7 Å². The van der Waals surface area contributed by atoms with Crippen molar-refractivity contribution in [3.8, 4) is 0 Å². The Morgan fingerprint density at radius 1 is 1.23 bits per heavy atom. The van der Waals surface area contributed by atoms with E-state index in [0.29, 0.717) is 24.0 Å². The molecule has 7 heteroatoms. The molecule has 7 nitrogen and oxygen atoms in total. The molecule has 0 bridgehead atoms. The molecule has 0 unspecified atom stereocenters. The Balaban J connectivity index is 1.29. The van der Waals surface area contributed by atoms with E-state index in [1.165, 1.54) is 25.7 Å². The molecule has 2 saturated carbocycles. The number of hydrogen-bond donors (Lipinski definition) is 1. The van der Waals surface area contributed by atoms with Crippen LogP contribution in [0.5, 0.6) is 0 Å². The van der Waals surface area contributed by atoms with Crippen LogP contribution in [0, 0.1) is 5.92 Å². The number of likely N-dealkylation sites (tertiary alicyclic amines) is 1. The molecule has 3 fully saturated rings. The second kappa shape index (κ2) is 8.05. The van der Waals surface area contributed by atoms with Gasteiger partial charge in [0.1, 0.15) is 0 Å². The van der Waals surface area contributed by atoms with E-state index in [1.54, 1.807) is 0 Å². The highest BCUT2D eigenvalue weighted by Crippen LogP contribution is 2.31. The summed E-state index contributed by atoms with van der Waals surface area (Å²) in [6.45, 7) is 4.93. The highest BCUT2D eigenvalue weighted by molar-refractivity contribution is 5.90. The van der Waals surface area contributed by atoms with Crippen LogP contribution in [-0.2, 0) is 4.74 Å². The minimum atomic E-state index is -0.221. The third-order valence-corrected chi connectivity index (χ3v) is 5.95. The van der Waals surface area contributed by atoms with Gasteiger partial charge < -0.3 is 14.6 Å². The Morgan fingerprint density at radius 2 is 2.08 bits per heavy atom. The van der Waals surface area contributed by atoms with E-state index in [-0.39, 0.29) is 17.8 Å². The minimum Gasteiger partial charge on any atom is -0.377 e. The molecule has 4 rings (SSSR count). The van der Waals surface area contributed by atoms with Gasteiger partial charge in [0.05, 0.1) is 18.8 Å². The normalized spacial score (nSPS) is 29.8. The summed E-state index contributed by atoms with van der Waals surface area (Å²) in [5, 5.41) is 6.79. The zero-order valence-corrected chi connectivity index (χ0v) is 15.7. The van der Waals surface area contributed by atoms with Crippen LogP contribution in [0.15, 0.2) is 4.52 Å². The average Bonchev–Trinajstić information content (AvgIpc) is 3.12. The molecule has 1 aliphatic heterocycles. The second-order valence-electron chi connectivity index (χ2n) is 8.07. The van der Waals surface area contributed by atoms with Crippen molar-refractivity contribution in [2.24, 2.45) is 5.92 Å². The third kappa shape index (κ3) is 4.26. The predicted octanol–water partition coefficient (Wildman–Crippen LogP) is 2.69. The molecule has 2 heterocycles. The van der Waals surface area contributed by atoms with Crippen molar-refractivity contribution >= 4 is 5.91 Å². The zero-order chi connectivity index (χ0) is 17.9. The van der Waals surface area contributed by atoms with Gasteiger partial charge in [-0.3, -0.25) is 9.69 Å². The van der Waals surface area contributed by atoms with Crippen LogP contribution in [0.4, 0.5) is 0 Å². The topological polar surface area (TPSA) is 80.5 Å². The monoisotopic (exact) mass is 362 g/mol. The highest BCUT2D eigenvalue weighted by atomic mass is 16.5. The van der Waals surface area contributed by atoms with Gasteiger partial charge in [0.25, 0.3) is 11.7 Å². The molecule has 1 aromatic rings. The summed E-state index contributed by atoms with van der Waals surface area (Å²) in [4.78, 5) is 18.8. The molecular weight excluding hydrogens is 332 g/mol. The van der Waals surface area contributed by atoms with Crippen LogP contribution in [0.25, 0.3) is 0 Å². The van der Waals surface area contributed by atoms with E-state index in [2.05, 4.69) is 27.3 Å². The lowest BCUT2D eigenvalue weighted by atomic mass is 9.88. The summed E-state index contributed by atoms with van der Waals surface area (Å²) in [5.74, 6) is 1.17. The fourth-order valence-electron chi connectivity index (χ4n) is 4.17. The second-order valence-corrected chi connectivity index (χ2v) is 8.07. The van der Waals surface area contributed by atoms with Crippen molar-refractivity contribution in [2.45, 2.75) is 76.5 Å². The van der Waals surface area contributed by atoms with Crippen molar-refractivity contribution in [1.82, 2.24) is 20.4 Å². The van der Waals surface area contributed by atoms with E-state index in [1.807, 2.05) is 0 Å². The number of carbonyl (C=O) groups is 1. The number of nitrogens with zero attached hydrogens (tertiary/aromatic N) is 3. The number of aromatic nitrogens is 2. The van der Waals surface area contributed by atoms with Crippen LogP contribution in [0.3, 0.4) is 0 Å². The molecule has 2 aliphatic carbocycles. The summed E-state index contributed by atoms with van der Waals surface area (Å²) in [6, 6.07) is 0.407. The van der Waals surface area contributed by atoms with Gasteiger partial charge in [-0.1, -0.05) is 24.9 Å². The van der Waals surface area contributed by atoms with Crippen molar-refractivity contribution < 1.29 is 14.1 Å². The first-order valence-electron chi connectivity index (χ1n) is 10.2. The first-order valence-corrected chi connectivity index (χ1v) is 10.2. The van der Waals surface area contributed by atoms with E-state index < -0.39 is 0 Å². The van der Waals surface area contributed by atoms with Gasteiger partial charge in [0, 0.05) is 12.6 Å². The van der Waals surface area contributed by atoms with Gasteiger partial charge >= 0.3 is 0 Å². The molecule has 3 atom stereocenters.